The number of benzene rings is 2. The van der Waals surface area contributed by atoms with Gasteiger partial charge in [-0.3, -0.25) is 4.79 Å². The summed E-state index contributed by atoms with van der Waals surface area (Å²) >= 11 is 0. The third-order valence-corrected chi connectivity index (χ3v) is 3.66. The first-order chi connectivity index (χ1) is 11.6. The summed E-state index contributed by atoms with van der Waals surface area (Å²) in [6, 6.07) is 21.5. The van der Waals surface area contributed by atoms with Gasteiger partial charge >= 0.3 is 5.97 Å². The Morgan fingerprint density at radius 2 is 1.75 bits per heavy atom. The van der Waals surface area contributed by atoms with Crippen LogP contribution in [0.4, 0.5) is 0 Å². The van der Waals surface area contributed by atoms with Crippen LogP contribution in [0.2, 0.25) is 0 Å². The fraction of sp³-hybridized carbons (Fsp3) is 0.158. The summed E-state index contributed by atoms with van der Waals surface area (Å²) in [6.07, 6.45) is 0. The van der Waals surface area contributed by atoms with Crippen LogP contribution in [0.25, 0.3) is 16.9 Å². The number of hydrogen-bond acceptors (Lipinski definition) is 3. The molecule has 0 aliphatic rings. The van der Waals surface area contributed by atoms with E-state index in [0.29, 0.717) is 5.88 Å². The van der Waals surface area contributed by atoms with Gasteiger partial charge in [0.2, 0.25) is 5.88 Å². The van der Waals surface area contributed by atoms with Crippen LogP contribution in [-0.2, 0) is 4.79 Å². The molecule has 122 valence electrons. The molecule has 1 heterocycles. The maximum atomic E-state index is 10.9. The van der Waals surface area contributed by atoms with E-state index in [-0.39, 0.29) is 6.61 Å². The lowest BCUT2D eigenvalue weighted by molar-refractivity contribution is -0.142. The Labute approximate surface area is 140 Å². The quantitative estimate of drug-likeness (QED) is 0.752. The van der Waals surface area contributed by atoms with Crippen molar-refractivity contribution in [1.82, 2.24) is 9.78 Å². The minimum Gasteiger partial charge on any atom is -0.481 e. The monoisotopic (exact) mass is 322 g/mol. The smallest absolute Gasteiger partial charge is 0.309 e. The summed E-state index contributed by atoms with van der Waals surface area (Å²) in [7, 11) is 0. The van der Waals surface area contributed by atoms with E-state index >= 15 is 0 Å². The van der Waals surface area contributed by atoms with Crippen LogP contribution in [0, 0.1) is 5.92 Å². The Morgan fingerprint density at radius 3 is 2.38 bits per heavy atom. The van der Waals surface area contributed by atoms with Gasteiger partial charge in [0.25, 0.3) is 0 Å². The molecule has 1 atom stereocenters. The number of aromatic nitrogens is 2. The van der Waals surface area contributed by atoms with Crippen LogP contribution in [-0.4, -0.2) is 27.5 Å². The van der Waals surface area contributed by atoms with Crippen molar-refractivity contribution in [2.45, 2.75) is 6.92 Å². The fourth-order valence-corrected chi connectivity index (χ4v) is 2.29. The fourth-order valence-electron chi connectivity index (χ4n) is 2.29. The molecule has 0 fully saturated rings. The highest BCUT2D eigenvalue weighted by Crippen LogP contribution is 2.27. The summed E-state index contributed by atoms with van der Waals surface area (Å²) in [5.41, 5.74) is 2.81. The zero-order chi connectivity index (χ0) is 16.9. The molecule has 1 N–H and O–H groups in total. The van der Waals surface area contributed by atoms with Gasteiger partial charge in [-0.2, -0.15) is 0 Å². The summed E-state index contributed by atoms with van der Waals surface area (Å²) in [5, 5.41) is 13.5. The molecule has 0 aliphatic carbocycles. The second-order valence-electron chi connectivity index (χ2n) is 5.53. The third-order valence-electron chi connectivity index (χ3n) is 3.66. The first kappa shape index (κ1) is 15.8. The Kier molecular flexibility index (Phi) is 4.61. The van der Waals surface area contributed by atoms with Crippen LogP contribution >= 0.6 is 0 Å². The summed E-state index contributed by atoms with van der Waals surface area (Å²) in [5.74, 6) is -1.07. The standard InChI is InChI=1S/C19H18N2O3/c1-14(19(22)23)13-24-18-12-17(15-8-4-2-5-9-15)21(20-18)16-10-6-3-7-11-16/h2-12,14H,13H2,1H3,(H,22,23). The number of carbonyl (C=O) groups is 1. The molecule has 2 aromatic carbocycles. The molecule has 5 nitrogen and oxygen atoms in total. The van der Waals surface area contributed by atoms with E-state index in [1.165, 1.54) is 0 Å². The van der Waals surface area contributed by atoms with Crippen molar-refractivity contribution in [3.8, 4) is 22.8 Å². The van der Waals surface area contributed by atoms with Gasteiger partial charge in [-0.15, -0.1) is 5.10 Å². The van der Waals surface area contributed by atoms with Gasteiger partial charge in [-0.25, -0.2) is 4.68 Å². The van der Waals surface area contributed by atoms with Crippen molar-refractivity contribution in [1.29, 1.82) is 0 Å². The molecule has 1 aromatic heterocycles. The summed E-state index contributed by atoms with van der Waals surface area (Å²) in [6.45, 7) is 1.68. The van der Waals surface area contributed by atoms with E-state index in [1.807, 2.05) is 66.7 Å². The molecular formula is C19H18N2O3. The number of rotatable bonds is 6. The van der Waals surface area contributed by atoms with Gasteiger partial charge < -0.3 is 9.84 Å². The number of ether oxygens (including phenoxy) is 1. The lowest BCUT2D eigenvalue weighted by atomic mass is 10.1. The summed E-state index contributed by atoms with van der Waals surface area (Å²) < 4.78 is 7.38. The molecule has 1 unspecified atom stereocenters. The molecule has 0 aliphatic heterocycles. The van der Waals surface area contributed by atoms with Crippen LogP contribution in [0.15, 0.2) is 66.7 Å². The molecule has 3 rings (SSSR count). The van der Waals surface area contributed by atoms with Gasteiger partial charge in [0, 0.05) is 11.6 Å². The van der Waals surface area contributed by atoms with Crippen LogP contribution in [0.1, 0.15) is 6.92 Å². The van der Waals surface area contributed by atoms with Crippen molar-refractivity contribution in [2.24, 2.45) is 5.92 Å². The van der Waals surface area contributed by atoms with E-state index in [9.17, 15) is 4.79 Å². The van der Waals surface area contributed by atoms with Gasteiger partial charge in [0.15, 0.2) is 0 Å². The van der Waals surface area contributed by atoms with E-state index in [4.69, 9.17) is 9.84 Å². The van der Waals surface area contributed by atoms with Crippen molar-refractivity contribution >= 4 is 5.97 Å². The first-order valence-electron chi connectivity index (χ1n) is 7.71. The molecule has 0 saturated heterocycles. The lowest BCUT2D eigenvalue weighted by Gasteiger charge is -2.07. The van der Waals surface area contributed by atoms with E-state index < -0.39 is 11.9 Å². The second-order valence-corrected chi connectivity index (χ2v) is 5.53. The van der Waals surface area contributed by atoms with Gasteiger partial charge in [0.1, 0.15) is 6.61 Å². The number of aliphatic carboxylic acids is 1. The minimum atomic E-state index is -0.888. The first-order valence-corrected chi connectivity index (χ1v) is 7.71. The van der Waals surface area contributed by atoms with Gasteiger partial charge in [-0.05, 0) is 19.1 Å². The van der Waals surface area contributed by atoms with Crippen LogP contribution in [0.5, 0.6) is 5.88 Å². The highest BCUT2D eigenvalue weighted by atomic mass is 16.5. The molecular weight excluding hydrogens is 304 g/mol. The average molecular weight is 322 g/mol. The topological polar surface area (TPSA) is 64.4 Å². The zero-order valence-corrected chi connectivity index (χ0v) is 13.3. The molecule has 0 bridgehead atoms. The van der Waals surface area contributed by atoms with Crippen molar-refractivity contribution in [2.75, 3.05) is 6.61 Å². The maximum absolute atomic E-state index is 10.9. The van der Waals surface area contributed by atoms with E-state index in [1.54, 1.807) is 11.6 Å². The Hall–Kier alpha value is -3.08. The highest BCUT2D eigenvalue weighted by Gasteiger charge is 2.15. The van der Waals surface area contributed by atoms with E-state index in [2.05, 4.69) is 5.10 Å². The lowest BCUT2D eigenvalue weighted by Crippen LogP contribution is -2.18. The SMILES string of the molecule is CC(COc1cc(-c2ccccc2)n(-c2ccccc2)n1)C(=O)O. The number of hydrogen-bond donors (Lipinski definition) is 1. The van der Waals surface area contributed by atoms with Crippen molar-refractivity contribution in [3.05, 3.63) is 66.7 Å². The van der Waals surface area contributed by atoms with Gasteiger partial charge in [-0.1, -0.05) is 48.5 Å². The Balaban J connectivity index is 1.96. The van der Waals surface area contributed by atoms with Crippen LogP contribution < -0.4 is 4.74 Å². The number of carboxylic acid groups (broad SMARTS) is 1. The molecule has 5 heteroatoms. The number of para-hydroxylation sites is 1. The predicted molar refractivity (Wildman–Crippen MR) is 91.3 cm³/mol. The second kappa shape index (κ2) is 7.00. The van der Waals surface area contributed by atoms with Crippen molar-refractivity contribution in [3.63, 3.8) is 0 Å². The molecule has 0 saturated carbocycles. The molecule has 0 radical (unpaired) electrons. The van der Waals surface area contributed by atoms with Crippen LogP contribution in [0.3, 0.4) is 0 Å². The average Bonchev–Trinajstić information content (AvgIpc) is 3.05. The molecule has 3 aromatic rings. The Morgan fingerprint density at radius 1 is 1.12 bits per heavy atom. The number of carboxylic acids is 1. The Bertz CT molecular complexity index is 756. The summed E-state index contributed by atoms with van der Waals surface area (Å²) in [4.78, 5) is 10.9. The molecule has 0 amide bonds. The maximum Gasteiger partial charge on any atom is 0.309 e. The highest BCUT2D eigenvalue weighted by molar-refractivity contribution is 5.69. The molecule has 0 spiro atoms. The molecule has 24 heavy (non-hydrogen) atoms. The number of nitrogens with zero attached hydrogens (tertiary/aromatic N) is 2. The van der Waals surface area contributed by atoms with E-state index in [0.717, 1.165) is 16.9 Å². The predicted octanol–water partition coefficient (Wildman–Crippen LogP) is 3.64. The largest absolute Gasteiger partial charge is 0.481 e. The normalized spacial score (nSPS) is 11.9. The van der Waals surface area contributed by atoms with Gasteiger partial charge in [0.05, 0.1) is 17.3 Å². The third kappa shape index (κ3) is 3.46. The zero-order valence-electron chi connectivity index (χ0n) is 13.3. The van der Waals surface area contributed by atoms with Crippen molar-refractivity contribution < 1.29 is 14.6 Å². The minimum absolute atomic E-state index is 0.0787.